The number of benzene rings is 2. The van der Waals surface area contributed by atoms with Crippen LogP contribution >= 0.6 is 23.5 Å². The van der Waals surface area contributed by atoms with Gasteiger partial charge in [0.05, 0.1) is 27.7 Å². The summed E-state index contributed by atoms with van der Waals surface area (Å²) in [5, 5.41) is 3.08. The van der Waals surface area contributed by atoms with Gasteiger partial charge in [-0.1, -0.05) is 36.4 Å². The van der Waals surface area contributed by atoms with Crippen molar-refractivity contribution in [3.05, 3.63) is 75.7 Å². The Hall–Kier alpha value is -2.65. The van der Waals surface area contributed by atoms with Crippen LogP contribution in [0.4, 0.5) is 14.5 Å². The normalized spacial score (nSPS) is 15.0. The van der Waals surface area contributed by atoms with Crippen molar-refractivity contribution in [2.45, 2.75) is 35.6 Å². The molecule has 0 aliphatic carbocycles. The first-order chi connectivity index (χ1) is 14.8. The van der Waals surface area contributed by atoms with E-state index in [0.29, 0.717) is 28.2 Å². The first kappa shape index (κ1) is 21.6. The number of fused-ring (bicyclic) bond motifs is 1. The Labute approximate surface area is 186 Å². The van der Waals surface area contributed by atoms with E-state index < -0.39 is 17.5 Å². The highest BCUT2D eigenvalue weighted by Gasteiger charge is 2.27. The van der Waals surface area contributed by atoms with E-state index in [2.05, 4.69) is 10.3 Å². The highest BCUT2D eigenvalue weighted by Crippen LogP contribution is 2.35. The fourth-order valence-corrected chi connectivity index (χ4v) is 5.15. The molecule has 5 nitrogen and oxygen atoms in total. The van der Waals surface area contributed by atoms with Gasteiger partial charge in [0.1, 0.15) is 11.6 Å². The zero-order valence-corrected chi connectivity index (χ0v) is 18.4. The topological polar surface area (TPSA) is 64.0 Å². The lowest BCUT2D eigenvalue weighted by Gasteiger charge is -2.14. The number of nitrogens with zero attached hydrogens (tertiary/aromatic N) is 2. The summed E-state index contributed by atoms with van der Waals surface area (Å²) < 4.78 is 28.4. The number of carbonyl (C=O) groups excluding carboxylic acids is 1. The van der Waals surface area contributed by atoms with Gasteiger partial charge in [-0.3, -0.25) is 14.2 Å². The highest BCUT2D eigenvalue weighted by molar-refractivity contribution is 8.00. The number of hydrogen-bond acceptors (Lipinski definition) is 5. The van der Waals surface area contributed by atoms with Crippen LogP contribution in [0.1, 0.15) is 18.2 Å². The smallest absolute Gasteiger partial charge is 0.272 e. The van der Waals surface area contributed by atoms with Gasteiger partial charge in [-0.15, -0.1) is 11.8 Å². The summed E-state index contributed by atoms with van der Waals surface area (Å²) in [6, 6.07) is 10.4. The molecular formula is C22H19F2N3O2S2. The molecule has 1 atom stereocenters. The van der Waals surface area contributed by atoms with E-state index in [1.807, 2.05) is 38.1 Å². The molecule has 3 aromatic rings. The van der Waals surface area contributed by atoms with Gasteiger partial charge in [0.25, 0.3) is 5.56 Å². The lowest BCUT2D eigenvalue weighted by molar-refractivity contribution is -0.113. The quantitative estimate of drug-likeness (QED) is 0.447. The maximum Gasteiger partial charge on any atom is 0.272 e. The van der Waals surface area contributed by atoms with Crippen LogP contribution in [0.2, 0.25) is 0 Å². The SMILES string of the molecule is Cc1ccc(-n2c(SCC(=O)Nc3ccc(F)cc3F)nc3c(c2=O)SC(C)C3)cc1. The molecule has 1 aliphatic rings. The lowest BCUT2D eigenvalue weighted by atomic mass is 10.2. The number of nitrogens with one attached hydrogen (secondary N) is 1. The van der Waals surface area contributed by atoms with Crippen molar-refractivity contribution in [1.29, 1.82) is 0 Å². The molecule has 2 heterocycles. The van der Waals surface area contributed by atoms with Gasteiger partial charge >= 0.3 is 0 Å². The number of rotatable bonds is 5. The molecule has 160 valence electrons. The molecule has 1 N–H and O–H groups in total. The highest BCUT2D eigenvalue weighted by atomic mass is 32.2. The molecule has 0 saturated carbocycles. The summed E-state index contributed by atoms with van der Waals surface area (Å²) in [6.07, 6.45) is 0.685. The van der Waals surface area contributed by atoms with Crippen LogP contribution in [0.15, 0.2) is 57.3 Å². The average Bonchev–Trinajstić information content (AvgIpc) is 3.10. The third kappa shape index (κ3) is 4.67. The first-order valence-electron chi connectivity index (χ1n) is 9.59. The van der Waals surface area contributed by atoms with Gasteiger partial charge in [0.2, 0.25) is 5.91 Å². The second-order valence-electron chi connectivity index (χ2n) is 7.24. The van der Waals surface area contributed by atoms with Gasteiger partial charge in [-0.25, -0.2) is 13.8 Å². The molecular weight excluding hydrogens is 440 g/mol. The number of carbonyl (C=O) groups is 1. The van der Waals surface area contributed by atoms with Gasteiger partial charge in [0.15, 0.2) is 5.16 Å². The Morgan fingerprint density at radius 2 is 2.00 bits per heavy atom. The summed E-state index contributed by atoms with van der Waals surface area (Å²) in [5.41, 5.74) is 2.20. The van der Waals surface area contributed by atoms with E-state index >= 15 is 0 Å². The second-order valence-corrected chi connectivity index (χ2v) is 9.63. The zero-order chi connectivity index (χ0) is 22.1. The maximum absolute atomic E-state index is 13.8. The third-order valence-electron chi connectivity index (χ3n) is 4.71. The van der Waals surface area contributed by atoms with E-state index in [9.17, 15) is 18.4 Å². The predicted molar refractivity (Wildman–Crippen MR) is 119 cm³/mol. The number of hydrogen-bond donors (Lipinski definition) is 1. The van der Waals surface area contributed by atoms with E-state index in [1.165, 1.54) is 22.4 Å². The number of halogens is 2. The minimum absolute atomic E-state index is 0.0867. The summed E-state index contributed by atoms with van der Waals surface area (Å²) in [4.78, 5) is 30.9. The number of amides is 1. The molecule has 31 heavy (non-hydrogen) atoms. The van der Waals surface area contributed by atoms with E-state index in [-0.39, 0.29) is 22.2 Å². The van der Waals surface area contributed by atoms with Crippen molar-refractivity contribution >= 4 is 35.1 Å². The summed E-state index contributed by atoms with van der Waals surface area (Å²) in [7, 11) is 0. The first-order valence-corrected chi connectivity index (χ1v) is 11.5. The summed E-state index contributed by atoms with van der Waals surface area (Å²) in [6.45, 7) is 4.00. The molecule has 0 fully saturated rings. The Morgan fingerprint density at radius 3 is 2.71 bits per heavy atom. The monoisotopic (exact) mass is 459 g/mol. The minimum atomic E-state index is -0.850. The van der Waals surface area contributed by atoms with Crippen molar-refractivity contribution in [2.24, 2.45) is 0 Å². The van der Waals surface area contributed by atoms with Crippen molar-refractivity contribution in [3.63, 3.8) is 0 Å². The molecule has 9 heteroatoms. The molecule has 1 unspecified atom stereocenters. The standard InChI is InChI=1S/C22H19F2N3O2S2/c1-12-3-6-15(7-4-12)27-21(29)20-18(9-13(2)31-20)26-22(27)30-11-19(28)25-17-8-5-14(23)10-16(17)24/h3-8,10,13H,9,11H2,1-2H3,(H,25,28). The zero-order valence-electron chi connectivity index (χ0n) is 16.8. The third-order valence-corrected chi connectivity index (χ3v) is 6.86. The lowest BCUT2D eigenvalue weighted by Crippen LogP contribution is -2.24. The summed E-state index contributed by atoms with van der Waals surface area (Å²) >= 11 is 2.61. The minimum Gasteiger partial charge on any atom is -0.323 e. The molecule has 2 aromatic carbocycles. The van der Waals surface area contributed by atoms with Crippen LogP contribution in [0.3, 0.4) is 0 Å². The van der Waals surface area contributed by atoms with Crippen LogP contribution in [0, 0.1) is 18.6 Å². The molecule has 1 aliphatic heterocycles. The number of anilines is 1. The summed E-state index contributed by atoms with van der Waals surface area (Å²) in [5.74, 6) is -2.14. The van der Waals surface area contributed by atoms with Crippen molar-refractivity contribution in [3.8, 4) is 5.69 Å². The molecule has 4 rings (SSSR count). The van der Waals surface area contributed by atoms with Gasteiger partial charge in [0, 0.05) is 17.7 Å². The van der Waals surface area contributed by atoms with Crippen molar-refractivity contribution < 1.29 is 13.6 Å². The second kappa shape index (κ2) is 8.84. The van der Waals surface area contributed by atoms with Gasteiger partial charge in [-0.2, -0.15) is 0 Å². The largest absolute Gasteiger partial charge is 0.323 e. The Bertz CT molecular complexity index is 1210. The van der Waals surface area contributed by atoms with Crippen LogP contribution in [-0.4, -0.2) is 26.5 Å². The Kier molecular flexibility index (Phi) is 6.15. The van der Waals surface area contributed by atoms with E-state index in [1.54, 1.807) is 0 Å². The van der Waals surface area contributed by atoms with Crippen molar-refractivity contribution in [1.82, 2.24) is 9.55 Å². The van der Waals surface area contributed by atoms with Crippen LogP contribution in [0.5, 0.6) is 0 Å². The molecule has 1 amide bonds. The number of thioether (sulfide) groups is 2. The molecule has 1 aromatic heterocycles. The van der Waals surface area contributed by atoms with Crippen molar-refractivity contribution in [2.75, 3.05) is 11.1 Å². The molecule has 0 radical (unpaired) electrons. The molecule has 0 spiro atoms. The van der Waals surface area contributed by atoms with Crippen LogP contribution < -0.4 is 10.9 Å². The Balaban J connectivity index is 1.62. The maximum atomic E-state index is 13.8. The number of aryl methyl sites for hydroxylation is 1. The van der Waals surface area contributed by atoms with Gasteiger partial charge in [-0.05, 0) is 31.2 Å². The predicted octanol–water partition coefficient (Wildman–Crippen LogP) is 4.59. The fourth-order valence-electron chi connectivity index (χ4n) is 3.23. The van der Waals surface area contributed by atoms with E-state index in [0.717, 1.165) is 29.1 Å². The number of aromatic nitrogens is 2. The van der Waals surface area contributed by atoms with Crippen LogP contribution in [-0.2, 0) is 11.2 Å². The molecule has 0 bridgehead atoms. The van der Waals surface area contributed by atoms with Gasteiger partial charge < -0.3 is 5.32 Å². The van der Waals surface area contributed by atoms with Crippen LogP contribution in [0.25, 0.3) is 5.69 Å². The average molecular weight is 460 g/mol. The van der Waals surface area contributed by atoms with E-state index in [4.69, 9.17) is 0 Å². The fraction of sp³-hybridized carbons (Fsp3) is 0.227. The Morgan fingerprint density at radius 1 is 1.26 bits per heavy atom. The molecule has 0 saturated heterocycles.